The molecule has 2 heteroatoms. The average Bonchev–Trinajstić information content (AvgIpc) is 2.66. The molecule has 0 fully saturated rings. The lowest BCUT2D eigenvalue weighted by Crippen LogP contribution is -2.06. The van der Waals surface area contributed by atoms with Crippen LogP contribution in [0.1, 0.15) is 35.8 Å². The molecule has 1 aromatic carbocycles. The van der Waals surface area contributed by atoms with Crippen LogP contribution >= 0.6 is 0 Å². The van der Waals surface area contributed by atoms with Gasteiger partial charge in [0.25, 0.3) is 0 Å². The smallest absolute Gasteiger partial charge is 0.137 e. The molecule has 2 rings (SSSR count). The molecule has 0 aliphatic carbocycles. The van der Waals surface area contributed by atoms with E-state index in [2.05, 4.69) is 38.2 Å². The second-order valence-electron chi connectivity index (χ2n) is 4.69. The van der Waals surface area contributed by atoms with Gasteiger partial charge in [-0.15, -0.1) is 0 Å². The number of furan rings is 1. The van der Waals surface area contributed by atoms with Gasteiger partial charge < -0.3 is 9.73 Å². The van der Waals surface area contributed by atoms with Crippen LogP contribution in [-0.2, 0) is 13.0 Å². The molecule has 0 radical (unpaired) electrons. The zero-order valence-electron chi connectivity index (χ0n) is 11.2. The van der Waals surface area contributed by atoms with Crippen molar-refractivity contribution >= 4 is 11.0 Å². The van der Waals surface area contributed by atoms with Gasteiger partial charge in [-0.3, -0.25) is 0 Å². The summed E-state index contributed by atoms with van der Waals surface area (Å²) in [5.41, 5.74) is 5.00. The summed E-state index contributed by atoms with van der Waals surface area (Å²) < 4.78 is 6.04. The van der Waals surface area contributed by atoms with Crippen molar-refractivity contribution in [2.24, 2.45) is 0 Å². The highest BCUT2D eigenvalue weighted by Crippen LogP contribution is 2.32. The van der Waals surface area contributed by atoms with Gasteiger partial charge in [0.2, 0.25) is 0 Å². The maximum Gasteiger partial charge on any atom is 0.137 e. The summed E-state index contributed by atoms with van der Waals surface area (Å²) in [7, 11) is 1.96. The number of fused-ring (bicyclic) bond motifs is 1. The number of aryl methyl sites for hydroxylation is 3. The SMILES string of the molecule is CCCc1c(CNC)oc2c(C)ccc(C)c12. The lowest BCUT2D eigenvalue weighted by molar-refractivity contribution is 0.522. The van der Waals surface area contributed by atoms with E-state index in [9.17, 15) is 0 Å². The Morgan fingerprint density at radius 3 is 2.53 bits per heavy atom. The molecule has 0 unspecified atom stereocenters. The van der Waals surface area contributed by atoms with E-state index in [0.29, 0.717) is 0 Å². The van der Waals surface area contributed by atoms with Gasteiger partial charge in [-0.1, -0.05) is 25.5 Å². The fourth-order valence-electron chi connectivity index (χ4n) is 2.43. The van der Waals surface area contributed by atoms with Crippen LogP contribution in [0.25, 0.3) is 11.0 Å². The van der Waals surface area contributed by atoms with Crippen LogP contribution in [0.2, 0.25) is 0 Å². The summed E-state index contributed by atoms with van der Waals surface area (Å²) in [6.07, 6.45) is 2.24. The zero-order chi connectivity index (χ0) is 12.4. The molecule has 0 aliphatic heterocycles. The van der Waals surface area contributed by atoms with Crippen molar-refractivity contribution in [3.63, 3.8) is 0 Å². The van der Waals surface area contributed by atoms with Crippen molar-refractivity contribution in [2.75, 3.05) is 7.05 Å². The van der Waals surface area contributed by atoms with E-state index in [4.69, 9.17) is 4.42 Å². The number of benzene rings is 1. The molecule has 0 aliphatic rings. The monoisotopic (exact) mass is 231 g/mol. The average molecular weight is 231 g/mol. The van der Waals surface area contributed by atoms with Gasteiger partial charge in [0.05, 0.1) is 6.54 Å². The normalized spacial score (nSPS) is 11.3. The number of nitrogens with one attached hydrogen (secondary N) is 1. The Kier molecular flexibility index (Phi) is 3.53. The third-order valence-electron chi connectivity index (χ3n) is 3.26. The third kappa shape index (κ3) is 2.09. The van der Waals surface area contributed by atoms with Crippen molar-refractivity contribution in [3.8, 4) is 0 Å². The van der Waals surface area contributed by atoms with Gasteiger partial charge in [-0.25, -0.2) is 0 Å². The fourth-order valence-corrected chi connectivity index (χ4v) is 2.43. The first-order valence-corrected chi connectivity index (χ1v) is 6.34. The van der Waals surface area contributed by atoms with Crippen LogP contribution < -0.4 is 5.32 Å². The van der Waals surface area contributed by atoms with Gasteiger partial charge >= 0.3 is 0 Å². The van der Waals surface area contributed by atoms with E-state index >= 15 is 0 Å². The third-order valence-corrected chi connectivity index (χ3v) is 3.26. The lowest BCUT2D eigenvalue weighted by Gasteiger charge is -2.02. The summed E-state index contributed by atoms with van der Waals surface area (Å²) in [6.45, 7) is 7.31. The highest BCUT2D eigenvalue weighted by Gasteiger charge is 2.15. The fraction of sp³-hybridized carbons (Fsp3) is 0.467. The summed E-state index contributed by atoms with van der Waals surface area (Å²) >= 11 is 0. The Morgan fingerprint density at radius 2 is 1.88 bits per heavy atom. The predicted molar refractivity (Wildman–Crippen MR) is 72.4 cm³/mol. The standard InChI is InChI=1S/C15H21NO/c1-5-6-12-13(9-16-4)17-15-11(3)8-7-10(2)14(12)15/h7-8,16H,5-6,9H2,1-4H3. The van der Waals surface area contributed by atoms with Crippen molar-refractivity contribution in [2.45, 2.75) is 40.2 Å². The quantitative estimate of drug-likeness (QED) is 0.867. The molecule has 1 heterocycles. The van der Waals surface area contributed by atoms with Gasteiger partial charge in [-0.2, -0.15) is 0 Å². The molecule has 0 amide bonds. The first kappa shape index (κ1) is 12.2. The second-order valence-corrected chi connectivity index (χ2v) is 4.69. The minimum absolute atomic E-state index is 0.808. The summed E-state index contributed by atoms with van der Waals surface area (Å²) in [5.74, 6) is 1.10. The molecule has 2 aromatic rings. The number of hydrogen-bond acceptors (Lipinski definition) is 2. The minimum atomic E-state index is 0.808. The predicted octanol–water partition coefficient (Wildman–Crippen LogP) is 3.72. The van der Waals surface area contributed by atoms with Crippen LogP contribution in [0, 0.1) is 13.8 Å². The summed E-state index contributed by atoms with van der Waals surface area (Å²) in [5, 5.41) is 4.52. The van der Waals surface area contributed by atoms with E-state index in [1.165, 1.54) is 22.1 Å². The second kappa shape index (κ2) is 4.92. The maximum atomic E-state index is 6.04. The van der Waals surface area contributed by atoms with Gasteiger partial charge in [0.15, 0.2) is 0 Å². The molecule has 0 saturated carbocycles. The van der Waals surface area contributed by atoms with Crippen molar-refractivity contribution in [1.29, 1.82) is 0 Å². The maximum absolute atomic E-state index is 6.04. The van der Waals surface area contributed by atoms with Crippen molar-refractivity contribution in [3.05, 3.63) is 34.6 Å². The Balaban J connectivity index is 2.70. The molecule has 0 bridgehead atoms. The number of rotatable bonds is 4. The van der Waals surface area contributed by atoms with E-state index in [0.717, 1.165) is 30.7 Å². The minimum Gasteiger partial charge on any atom is -0.459 e. The van der Waals surface area contributed by atoms with E-state index in [-0.39, 0.29) is 0 Å². The molecule has 0 spiro atoms. The molecule has 92 valence electrons. The summed E-state index contributed by atoms with van der Waals surface area (Å²) in [6, 6.07) is 4.33. The topological polar surface area (TPSA) is 25.2 Å². The Labute approximate surface area is 103 Å². The lowest BCUT2D eigenvalue weighted by atomic mass is 10.00. The first-order valence-electron chi connectivity index (χ1n) is 6.34. The molecule has 1 N–H and O–H groups in total. The molecule has 2 nitrogen and oxygen atoms in total. The van der Waals surface area contributed by atoms with Crippen LogP contribution in [0.5, 0.6) is 0 Å². The molecular formula is C15H21NO. The van der Waals surface area contributed by atoms with Gasteiger partial charge in [0.1, 0.15) is 11.3 Å². The van der Waals surface area contributed by atoms with Crippen molar-refractivity contribution in [1.82, 2.24) is 5.32 Å². The van der Waals surface area contributed by atoms with Crippen LogP contribution in [-0.4, -0.2) is 7.05 Å². The largest absolute Gasteiger partial charge is 0.459 e. The Morgan fingerprint density at radius 1 is 1.18 bits per heavy atom. The molecule has 1 aromatic heterocycles. The van der Waals surface area contributed by atoms with E-state index in [1.54, 1.807) is 0 Å². The molecule has 17 heavy (non-hydrogen) atoms. The van der Waals surface area contributed by atoms with Gasteiger partial charge in [0, 0.05) is 10.9 Å². The van der Waals surface area contributed by atoms with E-state index in [1.807, 2.05) is 7.05 Å². The highest BCUT2D eigenvalue weighted by atomic mass is 16.3. The Bertz CT molecular complexity index is 525. The highest BCUT2D eigenvalue weighted by molar-refractivity contribution is 5.88. The van der Waals surface area contributed by atoms with E-state index < -0.39 is 0 Å². The molecule has 0 atom stereocenters. The van der Waals surface area contributed by atoms with Gasteiger partial charge in [-0.05, 0) is 38.4 Å². The molecule has 0 saturated heterocycles. The number of hydrogen-bond donors (Lipinski definition) is 1. The van der Waals surface area contributed by atoms with Crippen LogP contribution in [0.4, 0.5) is 0 Å². The first-order chi connectivity index (χ1) is 8.19. The Hall–Kier alpha value is -1.28. The van der Waals surface area contributed by atoms with Crippen LogP contribution in [0.15, 0.2) is 16.5 Å². The summed E-state index contributed by atoms with van der Waals surface area (Å²) in [4.78, 5) is 0. The zero-order valence-corrected chi connectivity index (χ0v) is 11.2. The molecular weight excluding hydrogens is 210 g/mol. The van der Waals surface area contributed by atoms with Crippen LogP contribution in [0.3, 0.4) is 0 Å². The van der Waals surface area contributed by atoms with Crippen molar-refractivity contribution < 1.29 is 4.42 Å².